The predicted molar refractivity (Wildman–Crippen MR) is 272 cm³/mol. The fourth-order valence-electron chi connectivity index (χ4n) is 14.4. The molecule has 1 nitrogen and oxygen atoms in total. The van der Waals surface area contributed by atoms with Gasteiger partial charge >= 0.3 is 0 Å². The molecular weight excluding hydrogens is 783 g/mol. The molecule has 0 aromatic heterocycles. The van der Waals surface area contributed by atoms with Gasteiger partial charge in [0.15, 0.2) is 0 Å². The van der Waals surface area contributed by atoms with E-state index in [1.165, 1.54) is 125 Å². The minimum absolute atomic E-state index is 0.139. The monoisotopic (exact) mass is 839 g/mol. The molecule has 0 saturated heterocycles. The van der Waals surface area contributed by atoms with E-state index in [-0.39, 0.29) is 10.8 Å². The molecule has 0 aliphatic heterocycles. The topological polar surface area (TPSA) is 3.24 Å². The molecule has 0 heterocycles. The number of anilines is 3. The van der Waals surface area contributed by atoms with Gasteiger partial charge in [-0.15, -0.1) is 0 Å². The van der Waals surface area contributed by atoms with Crippen LogP contribution in [-0.4, -0.2) is 0 Å². The van der Waals surface area contributed by atoms with Gasteiger partial charge in [0.2, 0.25) is 0 Å². The molecule has 1 heteroatoms. The number of rotatable bonds is 6. The molecule has 1 unspecified atom stereocenters. The minimum Gasteiger partial charge on any atom is -0.311 e. The highest BCUT2D eigenvalue weighted by atomic mass is 15.1. The largest absolute Gasteiger partial charge is 0.311 e. The molecule has 2 spiro atoms. The molecule has 8 aromatic carbocycles. The summed E-state index contributed by atoms with van der Waals surface area (Å²) in [6.45, 7) is 2.57. The average molecular weight is 840 g/mol. The molecule has 8 aromatic rings. The molecule has 5 aliphatic rings. The summed E-state index contributed by atoms with van der Waals surface area (Å²) in [6.07, 6.45) is 13.4. The Morgan fingerprint density at radius 2 is 0.954 bits per heavy atom. The van der Waals surface area contributed by atoms with E-state index in [1.54, 1.807) is 16.7 Å². The first-order chi connectivity index (χ1) is 32.1. The van der Waals surface area contributed by atoms with Crippen LogP contribution in [0.4, 0.5) is 17.1 Å². The Morgan fingerprint density at radius 1 is 0.400 bits per heavy atom. The molecule has 5 aliphatic carbocycles. The van der Waals surface area contributed by atoms with Crippen molar-refractivity contribution in [3.63, 3.8) is 0 Å². The highest BCUT2D eigenvalue weighted by Gasteiger charge is 2.55. The van der Waals surface area contributed by atoms with Gasteiger partial charge in [0.05, 0.1) is 0 Å². The lowest BCUT2D eigenvalue weighted by atomic mass is 9.51. The van der Waals surface area contributed by atoms with Crippen LogP contribution in [0.15, 0.2) is 188 Å². The standard InChI is InChI=1S/C64H57N/c1-43-40-44-14-12-17-50(41-44)64(43)59-22-9-6-18-55(59)57-42-49(30-37-60(57)64)47-26-33-52(34-27-47)65(51-31-24-46(25-32-51)45-15-4-2-5-16-45)53-35-28-48(29-36-53)54-20-13-23-61-62(54)56-19-7-8-21-58(56)63(61)38-10-3-11-39-63/h2,4-9,13,15-16,18-37,42-44,50H,3,10-12,14,17,38-41H2,1H3/t43-,44?,50+,64+/m0/s1. The van der Waals surface area contributed by atoms with E-state index in [0.717, 1.165) is 28.9 Å². The number of hydrogen-bond acceptors (Lipinski definition) is 1. The van der Waals surface area contributed by atoms with Gasteiger partial charge in [-0.05, 0) is 170 Å². The van der Waals surface area contributed by atoms with Gasteiger partial charge in [-0.1, -0.05) is 185 Å². The van der Waals surface area contributed by atoms with E-state index in [2.05, 4.69) is 200 Å². The Labute approximate surface area is 385 Å². The second-order valence-corrected chi connectivity index (χ2v) is 20.3. The van der Waals surface area contributed by atoms with Crippen molar-refractivity contribution in [2.75, 3.05) is 4.90 Å². The maximum absolute atomic E-state index is 2.57. The van der Waals surface area contributed by atoms with Crippen LogP contribution >= 0.6 is 0 Å². The number of nitrogens with zero attached hydrogens (tertiary/aromatic N) is 1. The number of benzene rings is 8. The van der Waals surface area contributed by atoms with Crippen LogP contribution in [0.25, 0.3) is 55.6 Å². The van der Waals surface area contributed by atoms with Gasteiger partial charge < -0.3 is 4.90 Å². The third kappa shape index (κ3) is 5.97. The third-order valence-electron chi connectivity index (χ3n) is 17.1. The molecule has 65 heavy (non-hydrogen) atoms. The van der Waals surface area contributed by atoms with Gasteiger partial charge in [-0.2, -0.15) is 0 Å². The van der Waals surface area contributed by atoms with Crippen molar-refractivity contribution in [2.24, 2.45) is 17.8 Å². The second-order valence-electron chi connectivity index (χ2n) is 20.3. The molecule has 0 radical (unpaired) electrons. The zero-order valence-corrected chi connectivity index (χ0v) is 37.6. The summed E-state index contributed by atoms with van der Waals surface area (Å²) in [5.41, 5.74) is 23.4. The van der Waals surface area contributed by atoms with Gasteiger partial charge in [-0.3, -0.25) is 0 Å². The Hall–Kier alpha value is -6.44. The van der Waals surface area contributed by atoms with Gasteiger partial charge in [0.1, 0.15) is 0 Å². The van der Waals surface area contributed by atoms with Crippen LogP contribution in [0.1, 0.15) is 93.4 Å². The molecule has 13 rings (SSSR count). The lowest BCUT2D eigenvalue weighted by molar-refractivity contribution is 0.0670. The SMILES string of the molecule is C[C@H]1CC2CCC[C@H](C2)[C@@]12c1ccccc1-c1cc(-c3ccc(N(c4ccc(-c5ccccc5)cc4)c4ccc(-c5cccc6c5-c5ccccc5C65CCCCC5)cc4)cc3)ccc12. The fraction of sp³-hybridized carbons (Fsp3) is 0.250. The van der Waals surface area contributed by atoms with Crippen molar-refractivity contribution < 1.29 is 0 Å². The Balaban J connectivity index is 0.873. The normalized spacial score (nSPS) is 22.0. The second kappa shape index (κ2) is 15.3. The van der Waals surface area contributed by atoms with Crippen molar-refractivity contribution in [1.29, 1.82) is 0 Å². The van der Waals surface area contributed by atoms with Gasteiger partial charge in [-0.25, -0.2) is 0 Å². The average Bonchev–Trinajstić information content (AvgIpc) is 3.82. The summed E-state index contributed by atoms with van der Waals surface area (Å²) in [7, 11) is 0. The predicted octanol–water partition coefficient (Wildman–Crippen LogP) is 17.5. The van der Waals surface area contributed by atoms with Crippen molar-refractivity contribution >= 4 is 17.1 Å². The molecule has 0 amide bonds. The minimum atomic E-state index is 0.139. The Kier molecular flexibility index (Phi) is 9.20. The first-order valence-electron chi connectivity index (χ1n) is 24.7. The zero-order chi connectivity index (χ0) is 43.1. The van der Waals surface area contributed by atoms with Crippen LogP contribution < -0.4 is 4.90 Å². The van der Waals surface area contributed by atoms with Crippen LogP contribution in [0.5, 0.6) is 0 Å². The maximum atomic E-state index is 2.57. The van der Waals surface area contributed by atoms with Crippen LogP contribution in [0, 0.1) is 17.8 Å². The third-order valence-corrected chi connectivity index (χ3v) is 17.1. The van der Waals surface area contributed by atoms with Gasteiger partial charge in [0, 0.05) is 27.9 Å². The molecule has 0 N–H and O–H groups in total. The molecule has 3 fully saturated rings. The Bertz CT molecular complexity index is 3060. The maximum Gasteiger partial charge on any atom is 0.0462 e. The van der Waals surface area contributed by atoms with E-state index < -0.39 is 0 Å². The summed E-state index contributed by atoms with van der Waals surface area (Å²) in [5, 5.41) is 0. The van der Waals surface area contributed by atoms with Crippen LogP contribution in [-0.2, 0) is 10.8 Å². The lowest BCUT2D eigenvalue weighted by Crippen LogP contribution is -2.47. The summed E-state index contributed by atoms with van der Waals surface area (Å²) >= 11 is 0. The van der Waals surface area contributed by atoms with Crippen molar-refractivity contribution in [1.82, 2.24) is 0 Å². The zero-order valence-electron chi connectivity index (χ0n) is 37.6. The first-order valence-corrected chi connectivity index (χ1v) is 24.7. The summed E-state index contributed by atoms with van der Waals surface area (Å²) in [4.78, 5) is 2.43. The smallest absolute Gasteiger partial charge is 0.0462 e. The molecule has 2 bridgehead atoms. The highest BCUT2D eigenvalue weighted by molar-refractivity contribution is 5.93. The Morgan fingerprint density at radius 3 is 1.68 bits per heavy atom. The number of fused-ring (bicyclic) bond motifs is 13. The molecular formula is C64H57N. The van der Waals surface area contributed by atoms with E-state index >= 15 is 0 Å². The quantitative estimate of drug-likeness (QED) is 0.161. The van der Waals surface area contributed by atoms with Crippen LogP contribution in [0.3, 0.4) is 0 Å². The molecule has 4 atom stereocenters. The molecule has 3 saturated carbocycles. The van der Waals surface area contributed by atoms with Crippen LogP contribution in [0.2, 0.25) is 0 Å². The molecule has 318 valence electrons. The highest BCUT2D eigenvalue weighted by Crippen LogP contribution is 2.64. The fourth-order valence-corrected chi connectivity index (χ4v) is 14.4. The van der Waals surface area contributed by atoms with Gasteiger partial charge in [0.25, 0.3) is 0 Å². The summed E-state index contributed by atoms with van der Waals surface area (Å²) in [5.74, 6) is 2.29. The van der Waals surface area contributed by atoms with E-state index in [1.807, 2.05) is 0 Å². The number of hydrogen-bond donors (Lipinski definition) is 0. The summed E-state index contributed by atoms with van der Waals surface area (Å²) < 4.78 is 0. The van der Waals surface area contributed by atoms with Crippen molar-refractivity contribution in [2.45, 2.75) is 82.0 Å². The van der Waals surface area contributed by atoms with E-state index in [9.17, 15) is 0 Å². The first kappa shape index (κ1) is 39.0. The van der Waals surface area contributed by atoms with Crippen molar-refractivity contribution in [3.8, 4) is 55.6 Å². The van der Waals surface area contributed by atoms with Crippen molar-refractivity contribution in [3.05, 3.63) is 210 Å². The summed E-state index contributed by atoms with van der Waals surface area (Å²) in [6, 6.07) is 71.8. The van der Waals surface area contributed by atoms with E-state index in [0.29, 0.717) is 5.92 Å². The van der Waals surface area contributed by atoms with E-state index in [4.69, 9.17) is 0 Å². The lowest BCUT2D eigenvalue weighted by Gasteiger charge is -2.53.